The molecule has 4 heteroatoms. The summed E-state index contributed by atoms with van der Waals surface area (Å²) in [5.74, 6) is 0.600. The first-order valence-corrected chi connectivity index (χ1v) is 6.56. The third-order valence-corrected chi connectivity index (χ3v) is 3.50. The van der Waals surface area contributed by atoms with Crippen LogP contribution in [-0.4, -0.2) is 12.2 Å². The normalized spacial score (nSPS) is 12.2. The second-order valence-corrected chi connectivity index (χ2v) is 5.17. The number of aliphatic hydroxyl groups excluding tert-OH is 1. The molecule has 94 valence electrons. The lowest BCUT2D eigenvalue weighted by atomic mass is 10.0. The highest BCUT2D eigenvalue weighted by atomic mass is 79.9. The Kier molecular flexibility index (Phi) is 4.27. The summed E-state index contributed by atoms with van der Waals surface area (Å²) in [6.45, 7) is 0. The zero-order valence-electron chi connectivity index (χ0n) is 9.73. The van der Waals surface area contributed by atoms with Crippen LogP contribution in [0.4, 0.5) is 0 Å². The highest BCUT2D eigenvalue weighted by molar-refractivity contribution is 9.10. The van der Waals surface area contributed by atoms with Gasteiger partial charge in [-0.1, -0.05) is 45.7 Å². The average Bonchev–Trinajstić information content (AvgIpc) is 2.38. The lowest BCUT2D eigenvalue weighted by Gasteiger charge is -2.13. The molecule has 2 nitrogen and oxygen atoms in total. The average molecular weight is 328 g/mol. The number of benzene rings is 2. The van der Waals surface area contributed by atoms with Crippen molar-refractivity contribution in [3.05, 3.63) is 63.1 Å². The van der Waals surface area contributed by atoms with E-state index in [4.69, 9.17) is 16.3 Å². The molecule has 0 heterocycles. The van der Waals surface area contributed by atoms with Crippen LogP contribution < -0.4 is 4.74 Å². The van der Waals surface area contributed by atoms with Gasteiger partial charge in [0.15, 0.2) is 0 Å². The molecule has 2 aromatic carbocycles. The van der Waals surface area contributed by atoms with Gasteiger partial charge in [-0.05, 0) is 35.4 Å². The molecule has 0 aliphatic heterocycles. The van der Waals surface area contributed by atoms with Crippen LogP contribution in [0.2, 0.25) is 5.02 Å². The molecule has 0 amide bonds. The van der Waals surface area contributed by atoms with E-state index in [1.165, 1.54) is 0 Å². The van der Waals surface area contributed by atoms with E-state index >= 15 is 0 Å². The third kappa shape index (κ3) is 2.86. The molecule has 1 N–H and O–H groups in total. The van der Waals surface area contributed by atoms with Gasteiger partial charge in [0.2, 0.25) is 0 Å². The Morgan fingerprint density at radius 3 is 2.28 bits per heavy atom. The summed E-state index contributed by atoms with van der Waals surface area (Å²) < 4.78 is 6.06. The molecular weight excluding hydrogens is 316 g/mol. The second kappa shape index (κ2) is 5.74. The minimum atomic E-state index is -0.693. The molecule has 0 saturated carbocycles. The van der Waals surface area contributed by atoms with Gasteiger partial charge < -0.3 is 9.84 Å². The quantitative estimate of drug-likeness (QED) is 0.916. The molecular formula is C14H12BrClO2. The number of aliphatic hydroxyl groups is 1. The van der Waals surface area contributed by atoms with Gasteiger partial charge in [-0.15, -0.1) is 0 Å². The molecule has 2 rings (SSSR count). The van der Waals surface area contributed by atoms with E-state index in [1.54, 1.807) is 25.3 Å². The van der Waals surface area contributed by atoms with E-state index in [0.29, 0.717) is 10.8 Å². The topological polar surface area (TPSA) is 29.5 Å². The maximum Gasteiger partial charge on any atom is 0.137 e. The minimum absolute atomic E-state index is 0.492. The molecule has 2 aromatic rings. The summed E-state index contributed by atoms with van der Waals surface area (Å²) in [6, 6.07) is 12.8. The molecule has 0 aliphatic carbocycles. The van der Waals surface area contributed by atoms with E-state index in [2.05, 4.69) is 15.9 Å². The molecule has 1 unspecified atom stereocenters. The van der Waals surface area contributed by atoms with Gasteiger partial charge in [0.25, 0.3) is 0 Å². The maximum atomic E-state index is 10.3. The van der Waals surface area contributed by atoms with E-state index in [1.807, 2.05) is 24.3 Å². The zero-order chi connectivity index (χ0) is 13.1. The predicted octanol–water partition coefficient (Wildman–Crippen LogP) is 4.19. The third-order valence-electron chi connectivity index (χ3n) is 2.68. The summed E-state index contributed by atoms with van der Waals surface area (Å²) in [6.07, 6.45) is -0.693. The summed E-state index contributed by atoms with van der Waals surface area (Å²) in [4.78, 5) is 0. The van der Waals surface area contributed by atoms with Crippen LogP contribution in [0.5, 0.6) is 5.75 Å². The smallest absolute Gasteiger partial charge is 0.137 e. The first-order chi connectivity index (χ1) is 8.61. The number of hydrogen-bond acceptors (Lipinski definition) is 2. The van der Waals surface area contributed by atoms with Crippen molar-refractivity contribution in [3.63, 3.8) is 0 Å². The summed E-state index contributed by atoms with van der Waals surface area (Å²) in [5.41, 5.74) is 1.56. The van der Waals surface area contributed by atoms with Crippen LogP contribution in [0, 0.1) is 0 Å². The van der Waals surface area contributed by atoms with Crippen molar-refractivity contribution in [1.82, 2.24) is 0 Å². The van der Waals surface area contributed by atoms with Gasteiger partial charge in [-0.3, -0.25) is 0 Å². The van der Waals surface area contributed by atoms with Crippen LogP contribution in [-0.2, 0) is 0 Å². The molecule has 0 fully saturated rings. The van der Waals surface area contributed by atoms with E-state index in [9.17, 15) is 5.11 Å². The van der Waals surface area contributed by atoms with E-state index in [-0.39, 0.29) is 0 Å². The fourth-order valence-corrected chi connectivity index (χ4v) is 2.22. The predicted molar refractivity (Wildman–Crippen MR) is 76.2 cm³/mol. The molecule has 0 aromatic heterocycles. The van der Waals surface area contributed by atoms with E-state index < -0.39 is 6.10 Å². The fraction of sp³-hybridized carbons (Fsp3) is 0.143. The monoisotopic (exact) mass is 326 g/mol. The lowest BCUT2D eigenvalue weighted by Crippen LogP contribution is -1.99. The highest BCUT2D eigenvalue weighted by Gasteiger charge is 2.12. The number of methoxy groups -OCH3 is 1. The van der Waals surface area contributed by atoms with Crippen molar-refractivity contribution in [1.29, 1.82) is 0 Å². The Labute approximate surface area is 119 Å². The first kappa shape index (κ1) is 13.4. The molecule has 1 atom stereocenters. The summed E-state index contributed by atoms with van der Waals surface area (Å²) >= 11 is 9.40. The van der Waals surface area contributed by atoms with Crippen LogP contribution in [0.1, 0.15) is 17.2 Å². The second-order valence-electron chi connectivity index (χ2n) is 3.85. The Bertz CT molecular complexity index is 540. The van der Waals surface area contributed by atoms with Crippen molar-refractivity contribution in [2.24, 2.45) is 0 Å². The van der Waals surface area contributed by atoms with Crippen LogP contribution in [0.3, 0.4) is 0 Å². The highest BCUT2D eigenvalue weighted by Crippen LogP contribution is 2.30. The van der Waals surface area contributed by atoms with Crippen LogP contribution in [0.15, 0.2) is 46.9 Å². The molecule has 0 aliphatic rings. The van der Waals surface area contributed by atoms with Gasteiger partial charge in [0.05, 0.1) is 12.1 Å². The van der Waals surface area contributed by atoms with Crippen molar-refractivity contribution in [2.75, 3.05) is 7.11 Å². The van der Waals surface area contributed by atoms with Crippen molar-refractivity contribution in [3.8, 4) is 5.75 Å². The van der Waals surface area contributed by atoms with Gasteiger partial charge >= 0.3 is 0 Å². The first-order valence-electron chi connectivity index (χ1n) is 5.39. The van der Waals surface area contributed by atoms with Gasteiger partial charge in [0.1, 0.15) is 11.9 Å². The van der Waals surface area contributed by atoms with Crippen LogP contribution in [0.25, 0.3) is 0 Å². The maximum absolute atomic E-state index is 10.3. The van der Waals surface area contributed by atoms with E-state index in [0.717, 1.165) is 15.6 Å². The number of ether oxygens (including phenoxy) is 1. The molecule has 0 radical (unpaired) electrons. The zero-order valence-corrected chi connectivity index (χ0v) is 12.1. The van der Waals surface area contributed by atoms with Gasteiger partial charge in [-0.2, -0.15) is 0 Å². The van der Waals surface area contributed by atoms with Crippen molar-refractivity contribution in [2.45, 2.75) is 6.10 Å². The molecule has 0 spiro atoms. The van der Waals surface area contributed by atoms with Crippen molar-refractivity contribution >= 4 is 27.5 Å². The number of hydrogen-bond donors (Lipinski definition) is 1. The lowest BCUT2D eigenvalue weighted by molar-refractivity contribution is 0.220. The minimum Gasteiger partial charge on any atom is -0.495 e. The van der Waals surface area contributed by atoms with Gasteiger partial charge in [-0.25, -0.2) is 0 Å². The number of rotatable bonds is 3. The summed E-state index contributed by atoms with van der Waals surface area (Å²) in [5, 5.41) is 10.7. The Balaban J connectivity index is 2.31. The molecule has 0 bridgehead atoms. The van der Waals surface area contributed by atoms with Gasteiger partial charge in [0, 0.05) is 4.47 Å². The standard InChI is InChI=1S/C14H12BrClO2/c1-18-13-7-4-10(8-12(13)16)14(17)9-2-5-11(15)6-3-9/h2-8,14,17H,1H3. The molecule has 18 heavy (non-hydrogen) atoms. The Morgan fingerprint density at radius 2 is 1.72 bits per heavy atom. The van der Waals surface area contributed by atoms with Crippen molar-refractivity contribution < 1.29 is 9.84 Å². The SMILES string of the molecule is COc1ccc(C(O)c2ccc(Br)cc2)cc1Cl. The summed E-state index contributed by atoms with van der Waals surface area (Å²) in [7, 11) is 1.56. The Hall–Kier alpha value is -1.03. The largest absolute Gasteiger partial charge is 0.495 e. The number of halogens is 2. The van der Waals surface area contributed by atoms with Crippen LogP contribution >= 0.6 is 27.5 Å². The fourth-order valence-electron chi connectivity index (χ4n) is 1.69. The Morgan fingerprint density at radius 1 is 1.11 bits per heavy atom. The molecule has 0 saturated heterocycles.